The van der Waals surface area contributed by atoms with E-state index in [1.165, 1.54) is 9.21 Å². The fraction of sp³-hybridized carbons (Fsp3) is 0.421. The molecule has 1 aromatic heterocycles. The lowest BCUT2D eigenvalue weighted by molar-refractivity contribution is -0.135. The van der Waals surface area contributed by atoms with Crippen molar-refractivity contribution in [2.45, 2.75) is 25.7 Å². The van der Waals surface area contributed by atoms with Gasteiger partial charge in [-0.25, -0.2) is 13.2 Å². The number of hydrogen-bond donors (Lipinski definition) is 0. The minimum atomic E-state index is -3.60. The topological polar surface area (TPSA) is 110 Å². The van der Waals surface area contributed by atoms with E-state index >= 15 is 0 Å². The van der Waals surface area contributed by atoms with Gasteiger partial charge in [0.1, 0.15) is 11.3 Å². The second kappa shape index (κ2) is 8.34. The minimum absolute atomic E-state index is 0.180. The molecule has 0 N–H and O–H groups in total. The van der Waals surface area contributed by atoms with E-state index in [4.69, 9.17) is 9.26 Å². The Bertz CT molecular complexity index is 986. The van der Waals surface area contributed by atoms with Gasteiger partial charge in [0.05, 0.1) is 10.6 Å². The normalized spacial score (nSPS) is 15.3. The van der Waals surface area contributed by atoms with Crippen molar-refractivity contribution in [3.8, 4) is 0 Å². The van der Waals surface area contributed by atoms with Gasteiger partial charge in [-0.15, -0.1) is 0 Å². The van der Waals surface area contributed by atoms with Crippen LogP contribution in [0.3, 0.4) is 0 Å². The molecule has 156 valence electrons. The number of ether oxygens (including phenoxy) is 1. The van der Waals surface area contributed by atoms with Crippen molar-refractivity contribution in [1.82, 2.24) is 14.4 Å². The van der Waals surface area contributed by atoms with Crippen LogP contribution in [0.25, 0.3) is 0 Å². The molecule has 0 aliphatic carbocycles. The van der Waals surface area contributed by atoms with Crippen molar-refractivity contribution < 1.29 is 27.3 Å². The predicted octanol–water partition coefficient (Wildman–Crippen LogP) is 1.29. The Labute approximate surface area is 169 Å². The summed E-state index contributed by atoms with van der Waals surface area (Å²) in [7, 11) is -3.60. The van der Waals surface area contributed by atoms with Crippen LogP contribution in [0.15, 0.2) is 33.7 Å². The molecule has 3 rings (SSSR count). The van der Waals surface area contributed by atoms with Crippen molar-refractivity contribution in [1.29, 1.82) is 0 Å². The molecule has 2 aromatic rings. The summed E-state index contributed by atoms with van der Waals surface area (Å²) in [6.07, 6.45) is 0. The largest absolute Gasteiger partial charge is 0.452 e. The Kier molecular flexibility index (Phi) is 6.04. The number of hydrogen-bond acceptors (Lipinski definition) is 7. The van der Waals surface area contributed by atoms with E-state index in [1.54, 1.807) is 38.1 Å². The average molecular weight is 421 g/mol. The molecule has 0 unspecified atom stereocenters. The molecule has 2 heterocycles. The van der Waals surface area contributed by atoms with Crippen LogP contribution >= 0.6 is 0 Å². The highest BCUT2D eigenvalue weighted by atomic mass is 32.2. The molecule has 0 atom stereocenters. The Morgan fingerprint density at radius 2 is 1.69 bits per heavy atom. The molecular formula is C19H23N3O6S. The Morgan fingerprint density at radius 3 is 2.24 bits per heavy atom. The van der Waals surface area contributed by atoms with Gasteiger partial charge in [-0.1, -0.05) is 22.9 Å². The standard InChI is InChI=1S/C19H23N3O6S/c1-13-4-6-16(7-5-13)29(25,26)22-10-8-21(9-11-22)17(23)12-27-19(24)18-14(2)20-28-15(18)3/h4-7H,8-12H2,1-3H3. The molecule has 1 aliphatic heterocycles. The third-order valence-electron chi connectivity index (χ3n) is 4.81. The highest BCUT2D eigenvalue weighted by Gasteiger charge is 2.30. The fourth-order valence-corrected chi connectivity index (χ4v) is 4.52. The number of aryl methyl sites for hydroxylation is 3. The molecule has 1 amide bonds. The van der Waals surface area contributed by atoms with Gasteiger partial charge in [0, 0.05) is 26.2 Å². The van der Waals surface area contributed by atoms with Gasteiger partial charge >= 0.3 is 5.97 Å². The zero-order valence-electron chi connectivity index (χ0n) is 16.5. The summed E-state index contributed by atoms with van der Waals surface area (Å²) in [5.74, 6) is -0.720. The van der Waals surface area contributed by atoms with Crippen molar-refractivity contribution in [2.75, 3.05) is 32.8 Å². The van der Waals surface area contributed by atoms with Crippen LogP contribution in [0, 0.1) is 20.8 Å². The van der Waals surface area contributed by atoms with Crippen molar-refractivity contribution in [2.24, 2.45) is 0 Å². The Balaban J connectivity index is 1.54. The van der Waals surface area contributed by atoms with Crippen LogP contribution in [0.4, 0.5) is 0 Å². The lowest BCUT2D eigenvalue weighted by Gasteiger charge is -2.33. The van der Waals surface area contributed by atoms with E-state index < -0.39 is 22.6 Å². The van der Waals surface area contributed by atoms with Crippen LogP contribution in [0.1, 0.15) is 27.4 Å². The van der Waals surface area contributed by atoms with E-state index in [2.05, 4.69) is 5.16 Å². The summed E-state index contributed by atoms with van der Waals surface area (Å²) >= 11 is 0. The summed E-state index contributed by atoms with van der Waals surface area (Å²) < 4.78 is 36.8. The van der Waals surface area contributed by atoms with Crippen molar-refractivity contribution >= 4 is 21.9 Å². The summed E-state index contributed by atoms with van der Waals surface area (Å²) in [4.78, 5) is 26.2. The second-order valence-corrected chi connectivity index (χ2v) is 8.81. The number of nitrogens with zero attached hydrogens (tertiary/aromatic N) is 3. The zero-order valence-corrected chi connectivity index (χ0v) is 17.4. The number of carbonyl (C=O) groups excluding carboxylic acids is 2. The number of rotatable bonds is 5. The van der Waals surface area contributed by atoms with Gasteiger partial charge in [0.2, 0.25) is 10.0 Å². The maximum Gasteiger partial charge on any atom is 0.344 e. The second-order valence-electron chi connectivity index (χ2n) is 6.87. The average Bonchev–Trinajstić information content (AvgIpc) is 3.04. The maximum absolute atomic E-state index is 12.7. The molecular weight excluding hydrogens is 398 g/mol. The van der Waals surface area contributed by atoms with Crippen molar-refractivity contribution in [3.63, 3.8) is 0 Å². The van der Waals surface area contributed by atoms with Gasteiger partial charge < -0.3 is 14.2 Å². The molecule has 1 aliphatic rings. The Hall–Kier alpha value is -2.72. The van der Waals surface area contributed by atoms with Gasteiger partial charge in [-0.05, 0) is 32.9 Å². The van der Waals surface area contributed by atoms with Gasteiger partial charge in [0.25, 0.3) is 5.91 Å². The van der Waals surface area contributed by atoms with Gasteiger partial charge in [-0.2, -0.15) is 4.31 Å². The van der Waals surface area contributed by atoms with Crippen LogP contribution < -0.4 is 0 Å². The minimum Gasteiger partial charge on any atom is -0.452 e. The van der Waals surface area contributed by atoms with Gasteiger partial charge in [-0.3, -0.25) is 4.79 Å². The number of esters is 1. The molecule has 1 saturated heterocycles. The van der Waals surface area contributed by atoms with E-state index in [-0.39, 0.29) is 42.5 Å². The monoisotopic (exact) mass is 421 g/mol. The van der Waals surface area contributed by atoms with E-state index in [9.17, 15) is 18.0 Å². The molecule has 0 bridgehead atoms. The first-order valence-electron chi connectivity index (χ1n) is 9.14. The van der Waals surface area contributed by atoms with E-state index in [0.717, 1.165) is 5.56 Å². The number of amides is 1. The number of carbonyl (C=O) groups is 2. The van der Waals surface area contributed by atoms with Crippen LogP contribution in [0.2, 0.25) is 0 Å². The highest BCUT2D eigenvalue weighted by Crippen LogP contribution is 2.18. The summed E-state index contributed by atoms with van der Waals surface area (Å²) in [6.45, 7) is 5.49. The van der Waals surface area contributed by atoms with Gasteiger partial charge in [0.15, 0.2) is 6.61 Å². The molecule has 29 heavy (non-hydrogen) atoms. The Morgan fingerprint density at radius 1 is 1.07 bits per heavy atom. The van der Waals surface area contributed by atoms with Crippen molar-refractivity contribution in [3.05, 3.63) is 46.8 Å². The van der Waals surface area contributed by atoms with E-state index in [1.807, 2.05) is 6.92 Å². The summed E-state index contributed by atoms with van der Waals surface area (Å²) in [6, 6.07) is 6.66. The number of aromatic nitrogens is 1. The number of sulfonamides is 1. The quantitative estimate of drug-likeness (QED) is 0.669. The molecule has 1 fully saturated rings. The molecule has 0 saturated carbocycles. The third-order valence-corrected chi connectivity index (χ3v) is 6.73. The number of benzene rings is 1. The van der Waals surface area contributed by atoms with E-state index in [0.29, 0.717) is 11.5 Å². The smallest absolute Gasteiger partial charge is 0.344 e. The molecule has 0 radical (unpaired) electrons. The van der Waals surface area contributed by atoms with Crippen LogP contribution in [-0.4, -0.2) is 67.4 Å². The lowest BCUT2D eigenvalue weighted by atomic mass is 10.2. The highest BCUT2D eigenvalue weighted by molar-refractivity contribution is 7.89. The first kappa shape index (κ1) is 21.0. The van der Waals surface area contributed by atoms with Crippen LogP contribution in [0.5, 0.6) is 0 Å². The molecule has 10 heteroatoms. The molecule has 0 spiro atoms. The lowest BCUT2D eigenvalue weighted by Crippen LogP contribution is -2.51. The predicted molar refractivity (Wildman–Crippen MR) is 103 cm³/mol. The summed E-state index contributed by atoms with van der Waals surface area (Å²) in [5.41, 5.74) is 1.59. The zero-order chi connectivity index (χ0) is 21.2. The first-order chi connectivity index (χ1) is 13.7. The SMILES string of the molecule is Cc1ccc(S(=O)(=O)N2CCN(C(=O)COC(=O)c3c(C)noc3C)CC2)cc1. The maximum atomic E-state index is 12.7. The third kappa shape index (κ3) is 4.48. The van der Waals surface area contributed by atoms with Crippen LogP contribution in [-0.2, 0) is 19.6 Å². The summed E-state index contributed by atoms with van der Waals surface area (Å²) in [5, 5.41) is 3.68. The fourth-order valence-electron chi connectivity index (χ4n) is 3.10. The first-order valence-corrected chi connectivity index (χ1v) is 10.6. The molecule has 9 nitrogen and oxygen atoms in total. The number of piperazine rings is 1. The molecule has 1 aromatic carbocycles.